The first-order valence-corrected chi connectivity index (χ1v) is 11.7. The van der Waals surface area contributed by atoms with Gasteiger partial charge in [-0.2, -0.15) is 0 Å². The van der Waals surface area contributed by atoms with Crippen molar-refractivity contribution in [1.82, 2.24) is 5.32 Å². The summed E-state index contributed by atoms with van der Waals surface area (Å²) in [5.41, 5.74) is 4.28. The molecular weight excluding hydrogens is 400 g/mol. The molecule has 0 fully saturated rings. The van der Waals surface area contributed by atoms with Gasteiger partial charge in [0.1, 0.15) is 5.00 Å². The van der Waals surface area contributed by atoms with Crippen LogP contribution in [-0.4, -0.2) is 17.7 Å². The molecule has 2 aromatic rings. The molecule has 0 saturated heterocycles. The van der Waals surface area contributed by atoms with E-state index in [0.717, 1.165) is 36.2 Å². The topological polar surface area (TPSA) is 50.4 Å². The number of rotatable bonds is 6. The minimum atomic E-state index is -0.247. The smallest absolute Gasteiger partial charge is 0.341 e. The van der Waals surface area contributed by atoms with Gasteiger partial charge < -0.3 is 15.4 Å². The average molecular weight is 431 g/mol. The molecule has 1 aromatic heterocycles. The van der Waals surface area contributed by atoms with Crippen LogP contribution in [0.15, 0.2) is 24.3 Å². The summed E-state index contributed by atoms with van der Waals surface area (Å²) in [5, 5.41) is 8.08. The van der Waals surface area contributed by atoms with Crippen molar-refractivity contribution in [1.29, 1.82) is 0 Å². The van der Waals surface area contributed by atoms with E-state index in [2.05, 4.69) is 48.7 Å². The molecular formula is C23H30N2O2S2. The van der Waals surface area contributed by atoms with Gasteiger partial charge in [0.05, 0.1) is 18.2 Å². The molecule has 0 saturated carbocycles. The van der Waals surface area contributed by atoms with E-state index >= 15 is 0 Å². The number of fused-ring (bicyclic) bond motifs is 1. The third-order valence-electron chi connectivity index (χ3n) is 5.32. The first kappa shape index (κ1) is 21.8. The monoisotopic (exact) mass is 430 g/mol. The molecule has 1 unspecified atom stereocenters. The molecule has 6 heteroatoms. The Labute approximate surface area is 183 Å². The van der Waals surface area contributed by atoms with Crippen molar-refractivity contribution in [3.63, 3.8) is 0 Å². The Hall–Kier alpha value is -1.92. The molecule has 1 aliphatic carbocycles. The fourth-order valence-corrected chi connectivity index (χ4v) is 5.36. The molecule has 0 bridgehead atoms. The fraction of sp³-hybridized carbons (Fsp3) is 0.478. The van der Waals surface area contributed by atoms with Crippen LogP contribution in [0.4, 0.5) is 5.00 Å². The van der Waals surface area contributed by atoms with E-state index in [-0.39, 0.29) is 12.0 Å². The normalized spacial score (nSPS) is 14.4. The van der Waals surface area contributed by atoms with E-state index in [9.17, 15) is 4.79 Å². The van der Waals surface area contributed by atoms with Crippen LogP contribution in [0.1, 0.15) is 77.5 Å². The van der Waals surface area contributed by atoms with Gasteiger partial charge in [-0.05, 0) is 69.3 Å². The zero-order chi connectivity index (χ0) is 20.8. The lowest BCUT2D eigenvalue weighted by atomic mass is 10.0. The number of benzene rings is 1. The Morgan fingerprint density at radius 1 is 1.17 bits per heavy atom. The van der Waals surface area contributed by atoms with Gasteiger partial charge in [-0.15, -0.1) is 11.3 Å². The number of thiophene rings is 1. The van der Waals surface area contributed by atoms with Crippen LogP contribution in [0.2, 0.25) is 0 Å². The van der Waals surface area contributed by atoms with Gasteiger partial charge in [-0.3, -0.25) is 0 Å². The molecule has 1 atom stereocenters. The summed E-state index contributed by atoms with van der Waals surface area (Å²) in [6.45, 7) is 6.44. The van der Waals surface area contributed by atoms with E-state index in [4.69, 9.17) is 17.0 Å². The minimum absolute atomic E-state index is 0.124. The predicted molar refractivity (Wildman–Crippen MR) is 125 cm³/mol. The lowest BCUT2D eigenvalue weighted by Crippen LogP contribution is -2.32. The van der Waals surface area contributed by atoms with Crippen molar-refractivity contribution >= 4 is 39.6 Å². The second-order valence-corrected chi connectivity index (χ2v) is 8.97. The molecule has 1 aromatic carbocycles. The van der Waals surface area contributed by atoms with E-state index in [1.807, 2.05) is 6.92 Å². The highest BCUT2D eigenvalue weighted by Crippen LogP contribution is 2.38. The molecule has 156 valence electrons. The molecule has 2 N–H and O–H groups in total. The number of hydrogen-bond acceptors (Lipinski definition) is 4. The lowest BCUT2D eigenvalue weighted by Gasteiger charge is -2.20. The summed E-state index contributed by atoms with van der Waals surface area (Å²) in [5.74, 6) is -0.247. The van der Waals surface area contributed by atoms with Gasteiger partial charge in [0.2, 0.25) is 0 Å². The Bertz CT molecular complexity index is 859. The van der Waals surface area contributed by atoms with Gasteiger partial charge in [0, 0.05) is 4.88 Å². The maximum atomic E-state index is 12.7. The summed E-state index contributed by atoms with van der Waals surface area (Å²) in [6.07, 6.45) is 6.36. The number of ether oxygens (including phenoxy) is 1. The van der Waals surface area contributed by atoms with Crippen LogP contribution >= 0.6 is 23.6 Å². The number of thiocarbonyl (C=S) groups is 1. The summed E-state index contributed by atoms with van der Waals surface area (Å²) >= 11 is 7.27. The fourth-order valence-electron chi connectivity index (χ4n) is 3.77. The van der Waals surface area contributed by atoms with E-state index in [0.29, 0.717) is 17.3 Å². The van der Waals surface area contributed by atoms with E-state index in [1.54, 1.807) is 11.3 Å². The van der Waals surface area contributed by atoms with Crippen molar-refractivity contribution in [2.75, 3.05) is 11.9 Å². The Morgan fingerprint density at radius 3 is 2.59 bits per heavy atom. The quantitative estimate of drug-likeness (QED) is 0.337. The number of esters is 1. The number of carbonyl (C=O) groups excluding carboxylic acids is 1. The summed E-state index contributed by atoms with van der Waals surface area (Å²) in [6, 6.07) is 8.63. The Kier molecular flexibility index (Phi) is 7.67. The molecule has 0 aliphatic heterocycles. The van der Waals surface area contributed by atoms with Crippen LogP contribution in [0.5, 0.6) is 0 Å². The number of anilines is 1. The van der Waals surface area contributed by atoms with Crippen molar-refractivity contribution in [2.24, 2.45) is 0 Å². The highest BCUT2D eigenvalue weighted by atomic mass is 32.1. The number of hydrogen-bond donors (Lipinski definition) is 2. The lowest BCUT2D eigenvalue weighted by molar-refractivity contribution is 0.0527. The zero-order valence-electron chi connectivity index (χ0n) is 17.5. The summed E-state index contributed by atoms with van der Waals surface area (Å²) < 4.78 is 5.36. The minimum Gasteiger partial charge on any atom is -0.462 e. The molecule has 1 heterocycles. The number of nitrogens with one attached hydrogen (secondary N) is 2. The SMILES string of the molecule is CCOC(=O)c1c(NC(=S)NC(CC)c2ccc(C)cc2)sc2c1CCCCC2. The van der Waals surface area contributed by atoms with Gasteiger partial charge in [-0.25, -0.2) is 4.79 Å². The second kappa shape index (κ2) is 10.2. The molecule has 1 aliphatic rings. The van der Waals surface area contributed by atoms with Gasteiger partial charge >= 0.3 is 5.97 Å². The van der Waals surface area contributed by atoms with Crippen LogP contribution < -0.4 is 10.6 Å². The zero-order valence-corrected chi connectivity index (χ0v) is 19.1. The highest BCUT2D eigenvalue weighted by molar-refractivity contribution is 7.80. The van der Waals surface area contributed by atoms with Crippen molar-refractivity contribution in [3.8, 4) is 0 Å². The van der Waals surface area contributed by atoms with Crippen molar-refractivity contribution in [2.45, 2.75) is 65.3 Å². The average Bonchev–Trinajstić information content (AvgIpc) is 2.87. The van der Waals surface area contributed by atoms with Gasteiger partial charge in [0.15, 0.2) is 5.11 Å². The maximum Gasteiger partial charge on any atom is 0.341 e. The highest BCUT2D eigenvalue weighted by Gasteiger charge is 2.26. The van der Waals surface area contributed by atoms with Crippen LogP contribution in [-0.2, 0) is 17.6 Å². The standard InChI is InChI=1S/C23H30N2O2S2/c1-4-18(16-13-11-15(3)12-14-16)24-23(28)25-21-20(22(26)27-5-2)17-9-7-6-8-10-19(17)29-21/h11-14,18H,4-10H2,1-3H3,(H2,24,25,28). The maximum absolute atomic E-state index is 12.7. The molecule has 0 spiro atoms. The number of aryl methyl sites for hydroxylation is 2. The first-order valence-electron chi connectivity index (χ1n) is 10.5. The van der Waals surface area contributed by atoms with Crippen LogP contribution in [0.25, 0.3) is 0 Å². The van der Waals surface area contributed by atoms with Gasteiger partial charge in [0.25, 0.3) is 0 Å². The first-order chi connectivity index (χ1) is 14.0. The van der Waals surface area contributed by atoms with E-state index in [1.165, 1.54) is 28.8 Å². The van der Waals surface area contributed by atoms with Crippen molar-refractivity contribution < 1.29 is 9.53 Å². The van der Waals surface area contributed by atoms with Gasteiger partial charge in [-0.1, -0.05) is 43.2 Å². The summed E-state index contributed by atoms with van der Waals surface area (Å²) in [4.78, 5) is 14.0. The molecule has 4 nitrogen and oxygen atoms in total. The Balaban J connectivity index is 1.80. The molecule has 0 amide bonds. The molecule has 3 rings (SSSR count). The predicted octanol–water partition coefficient (Wildman–Crippen LogP) is 5.94. The largest absolute Gasteiger partial charge is 0.462 e. The Morgan fingerprint density at radius 2 is 1.90 bits per heavy atom. The third kappa shape index (κ3) is 5.37. The third-order valence-corrected chi connectivity index (χ3v) is 6.75. The molecule has 29 heavy (non-hydrogen) atoms. The summed E-state index contributed by atoms with van der Waals surface area (Å²) in [7, 11) is 0. The number of carbonyl (C=O) groups is 1. The molecule has 0 radical (unpaired) electrons. The van der Waals surface area contributed by atoms with Crippen LogP contribution in [0.3, 0.4) is 0 Å². The second-order valence-electron chi connectivity index (χ2n) is 7.46. The van der Waals surface area contributed by atoms with Crippen molar-refractivity contribution in [3.05, 3.63) is 51.4 Å². The van der Waals surface area contributed by atoms with E-state index < -0.39 is 0 Å². The van der Waals surface area contributed by atoms with Crippen LogP contribution in [0, 0.1) is 6.92 Å².